The standard InChI is InChI=1S/C11H12N2O3/c1-3-12-11-13-9-7(10(14)15-2)5-4-6-8(9)16-11/h4-6H,3H2,1-2H3,(H,12,13). The SMILES string of the molecule is CCNc1nc2c(C(=O)OC)cccc2o1. The van der Waals surface area contributed by atoms with Crippen LogP contribution < -0.4 is 5.32 Å². The van der Waals surface area contributed by atoms with Crippen LogP contribution >= 0.6 is 0 Å². The molecule has 1 heterocycles. The second-order valence-electron chi connectivity index (χ2n) is 3.19. The molecule has 0 atom stereocenters. The Hall–Kier alpha value is -2.04. The first-order chi connectivity index (χ1) is 7.76. The summed E-state index contributed by atoms with van der Waals surface area (Å²) in [6, 6.07) is 5.56. The third-order valence-electron chi connectivity index (χ3n) is 2.15. The summed E-state index contributed by atoms with van der Waals surface area (Å²) >= 11 is 0. The molecule has 1 aromatic carbocycles. The van der Waals surface area contributed by atoms with Crippen LogP contribution in [0.4, 0.5) is 6.01 Å². The first-order valence-electron chi connectivity index (χ1n) is 4.98. The van der Waals surface area contributed by atoms with Gasteiger partial charge in [0.1, 0.15) is 5.52 Å². The lowest BCUT2D eigenvalue weighted by molar-refractivity contribution is 0.0603. The van der Waals surface area contributed by atoms with Gasteiger partial charge in [-0.3, -0.25) is 0 Å². The molecule has 0 spiro atoms. The smallest absolute Gasteiger partial charge is 0.340 e. The molecule has 2 rings (SSSR count). The van der Waals surface area contributed by atoms with Crippen molar-refractivity contribution in [3.63, 3.8) is 0 Å². The van der Waals surface area contributed by atoms with E-state index in [1.807, 2.05) is 6.92 Å². The van der Waals surface area contributed by atoms with Crippen LogP contribution in [0.1, 0.15) is 17.3 Å². The molecule has 0 bridgehead atoms. The van der Waals surface area contributed by atoms with E-state index in [1.54, 1.807) is 18.2 Å². The highest BCUT2D eigenvalue weighted by molar-refractivity contribution is 6.01. The number of hydrogen-bond acceptors (Lipinski definition) is 5. The van der Waals surface area contributed by atoms with Gasteiger partial charge < -0.3 is 14.5 Å². The Morgan fingerprint density at radius 3 is 3.06 bits per heavy atom. The van der Waals surface area contributed by atoms with Gasteiger partial charge in [-0.1, -0.05) is 6.07 Å². The third-order valence-corrected chi connectivity index (χ3v) is 2.15. The molecule has 0 saturated heterocycles. The molecular formula is C11H12N2O3. The Balaban J connectivity index is 2.54. The average Bonchev–Trinajstić information content (AvgIpc) is 2.70. The van der Waals surface area contributed by atoms with Crippen LogP contribution in [0.25, 0.3) is 11.1 Å². The van der Waals surface area contributed by atoms with Crippen molar-refractivity contribution < 1.29 is 13.9 Å². The second kappa shape index (κ2) is 4.22. The Kier molecular flexibility index (Phi) is 2.76. The van der Waals surface area contributed by atoms with Crippen LogP contribution in [0.2, 0.25) is 0 Å². The number of hydrogen-bond donors (Lipinski definition) is 1. The van der Waals surface area contributed by atoms with Gasteiger partial charge in [0.2, 0.25) is 0 Å². The maximum atomic E-state index is 11.5. The van der Waals surface area contributed by atoms with Gasteiger partial charge in [-0.25, -0.2) is 4.79 Å². The van der Waals surface area contributed by atoms with E-state index < -0.39 is 5.97 Å². The van der Waals surface area contributed by atoms with E-state index in [0.29, 0.717) is 29.2 Å². The summed E-state index contributed by atoms with van der Waals surface area (Å²) < 4.78 is 10.1. The number of anilines is 1. The fourth-order valence-electron chi connectivity index (χ4n) is 1.45. The molecule has 0 radical (unpaired) electrons. The molecule has 0 aliphatic heterocycles. The molecule has 84 valence electrons. The van der Waals surface area contributed by atoms with Gasteiger partial charge in [0.25, 0.3) is 6.01 Å². The van der Waals surface area contributed by atoms with Crippen LogP contribution in [0, 0.1) is 0 Å². The van der Waals surface area contributed by atoms with E-state index in [2.05, 4.69) is 15.0 Å². The van der Waals surface area contributed by atoms with Gasteiger partial charge in [0, 0.05) is 6.54 Å². The Morgan fingerprint density at radius 2 is 2.38 bits per heavy atom. The van der Waals surface area contributed by atoms with Crippen LogP contribution in [-0.4, -0.2) is 24.6 Å². The molecule has 0 aliphatic carbocycles. The predicted molar refractivity (Wildman–Crippen MR) is 59.5 cm³/mol. The number of nitrogens with one attached hydrogen (secondary N) is 1. The van der Waals surface area contributed by atoms with E-state index in [-0.39, 0.29) is 0 Å². The van der Waals surface area contributed by atoms with Crippen molar-refractivity contribution in [1.29, 1.82) is 0 Å². The fraction of sp³-hybridized carbons (Fsp3) is 0.273. The maximum Gasteiger partial charge on any atom is 0.340 e. The minimum Gasteiger partial charge on any atom is -0.465 e. The molecule has 0 saturated carbocycles. The minimum atomic E-state index is -0.415. The number of oxazole rings is 1. The third kappa shape index (κ3) is 1.71. The maximum absolute atomic E-state index is 11.5. The lowest BCUT2D eigenvalue weighted by Crippen LogP contribution is -2.02. The molecule has 0 unspecified atom stereocenters. The van der Waals surface area contributed by atoms with Gasteiger partial charge in [0.15, 0.2) is 5.58 Å². The zero-order chi connectivity index (χ0) is 11.5. The summed E-state index contributed by atoms with van der Waals surface area (Å²) in [6.07, 6.45) is 0. The van der Waals surface area contributed by atoms with Crippen molar-refractivity contribution in [2.24, 2.45) is 0 Å². The molecular weight excluding hydrogens is 208 g/mol. The lowest BCUT2D eigenvalue weighted by Gasteiger charge is -1.97. The summed E-state index contributed by atoms with van der Waals surface area (Å²) in [6.45, 7) is 2.65. The van der Waals surface area contributed by atoms with Crippen molar-refractivity contribution in [3.8, 4) is 0 Å². The number of ether oxygens (including phenoxy) is 1. The number of fused-ring (bicyclic) bond motifs is 1. The molecule has 0 aliphatic rings. The highest BCUT2D eigenvalue weighted by atomic mass is 16.5. The number of aromatic nitrogens is 1. The topological polar surface area (TPSA) is 64.4 Å². The normalized spacial score (nSPS) is 10.4. The van der Waals surface area contributed by atoms with Crippen LogP contribution in [-0.2, 0) is 4.74 Å². The van der Waals surface area contributed by atoms with Gasteiger partial charge in [-0.2, -0.15) is 4.98 Å². The van der Waals surface area contributed by atoms with Crippen molar-refractivity contribution in [2.45, 2.75) is 6.92 Å². The van der Waals surface area contributed by atoms with Crippen LogP contribution in [0.5, 0.6) is 0 Å². The first-order valence-corrected chi connectivity index (χ1v) is 4.98. The van der Waals surface area contributed by atoms with E-state index in [0.717, 1.165) is 0 Å². The van der Waals surface area contributed by atoms with Gasteiger partial charge in [0.05, 0.1) is 12.7 Å². The van der Waals surface area contributed by atoms with E-state index in [4.69, 9.17) is 4.42 Å². The number of methoxy groups -OCH3 is 1. The average molecular weight is 220 g/mol. The number of esters is 1. The van der Waals surface area contributed by atoms with Crippen molar-refractivity contribution in [2.75, 3.05) is 19.0 Å². The van der Waals surface area contributed by atoms with Crippen molar-refractivity contribution in [1.82, 2.24) is 4.98 Å². The highest BCUT2D eigenvalue weighted by Gasteiger charge is 2.14. The Labute approximate surface area is 92.4 Å². The fourth-order valence-corrected chi connectivity index (χ4v) is 1.45. The number of benzene rings is 1. The number of para-hydroxylation sites is 1. The molecule has 5 heteroatoms. The van der Waals surface area contributed by atoms with Gasteiger partial charge in [-0.05, 0) is 19.1 Å². The van der Waals surface area contributed by atoms with Gasteiger partial charge >= 0.3 is 5.97 Å². The number of nitrogens with zero attached hydrogens (tertiary/aromatic N) is 1. The first kappa shape index (κ1) is 10.5. The highest BCUT2D eigenvalue weighted by Crippen LogP contribution is 2.22. The monoisotopic (exact) mass is 220 g/mol. The van der Waals surface area contributed by atoms with E-state index >= 15 is 0 Å². The number of carbonyl (C=O) groups is 1. The molecule has 5 nitrogen and oxygen atoms in total. The summed E-state index contributed by atoms with van der Waals surface area (Å²) in [5, 5.41) is 2.95. The van der Waals surface area contributed by atoms with Gasteiger partial charge in [-0.15, -0.1) is 0 Å². The Morgan fingerprint density at radius 1 is 1.56 bits per heavy atom. The summed E-state index contributed by atoms with van der Waals surface area (Å²) in [5.41, 5.74) is 1.50. The summed E-state index contributed by atoms with van der Waals surface area (Å²) in [4.78, 5) is 15.7. The largest absolute Gasteiger partial charge is 0.465 e. The van der Waals surface area contributed by atoms with Crippen molar-refractivity contribution in [3.05, 3.63) is 23.8 Å². The molecule has 16 heavy (non-hydrogen) atoms. The quantitative estimate of drug-likeness (QED) is 0.802. The molecule has 2 aromatic rings. The summed E-state index contributed by atoms with van der Waals surface area (Å²) in [5.74, 6) is -0.415. The number of carbonyl (C=O) groups excluding carboxylic acids is 1. The summed E-state index contributed by atoms with van der Waals surface area (Å²) in [7, 11) is 1.34. The van der Waals surface area contributed by atoms with Crippen LogP contribution in [0.3, 0.4) is 0 Å². The minimum absolute atomic E-state index is 0.410. The zero-order valence-corrected chi connectivity index (χ0v) is 9.11. The van der Waals surface area contributed by atoms with Crippen LogP contribution in [0.15, 0.2) is 22.6 Å². The van der Waals surface area contributed by atoms with E-state index in [1.165, 1.54) is 7.11 Å². The Bertz CT molecular complexity index is 519. The molecule has 1 N–H and O–H groups in total. The molecule has 0 fully saturated rings. The predicted octanol–water partition coefficient (Wildman–Crippen LogP) is 2.05. The lowest BCUT2D eigenvalue weighted by atomic mass is 10.2. The van der Waals surface area contributed by atoms with E-state index in [9.17, 15) is 4.79 Å². The second-order valence-corrected chi connectivity index (χ2v) is 3.19. The molecule has 1 aromatic heterocycles. The molecule has 0 amide bonds. The zero-order valence-electron chi connectivity index (χ0n) is 9.11. The number of rotatable bonds is 3. The van der Waals surface area contributed by atoms with Crippen molar-refractivity contribution >= 4 is 23.1 Å².